The quantitative estimate of drug-likeness (QED) is 0.586. The lowest BCUT2D eigenvalue weighted by Crippen LogP contribution is -2.51. The van der Waals surface area contributed by atoms with Crippen molar-refractivity contribution in [3.63, 3.8) is 0 Å². The number of hydrogen-bond donors (Lipinski definition) is 3. The molecule has 1 aromatic rings. The van der Waals surface area contributed by atoms with E-state index < -0.39 is 42.3 Å². The van der Waals surface area contributed by atoms with Gasteiger partial charge in [-0.05, 0) is 33.6 Å². The number of carbonyl (C=O) groups is 3. The molecule has 2 atom stereocenters. The van der Waals surface area contributed by atoms with Crippen molar-refractivity contribution < 1.29 is 33.4 Å². The van der Waals surface area contributed by atoms with Crippen molar-refractivity contribution in [3.8, 4) is 0 Å². The van der Waals surface area contributed by atoms with Crippen LogP contribution >= 0.6 is 0 Å². The van der Waals surface area contributed by atoms with Gasteiger partial charge in [0.15, 0.2) is 5.69 Å². The molecule has 1 aromatic heterocycles. The van der Waals surface area contributed by atoms with Crippen molar-refractivity contribution in [2.75, 3.05) is 13.7 Å². The summed E-state index contributed by atoms with van der Waals surface area (Å²) in [7, 11) is 1.23. The molecule has 0 bridgehead atoms. The maximum atomic E-state index is 12.5. The monoisotopic (exact) mass is 399 g/mol. The molecule has 10 heteroatoms. The molecule has 0 saturated carbocycles. The van der Waals surface area contributed by atoms with Crippen molar-refractivity contribution >= 4 is 18.0 Å². The van der Waals surface area contributed by atoms with E-state index in [9.17, 15) is 19.5 Å². The second-order valence-corrected chi connectivity index (χ2v) is 7.56. The molecule has 158 valence electrons. The zero-order valence-electron chi connectivity index (χ0n) is 17.3. The van der Waals surface area contributed by atoms with Crippen molar-refractivity contribution in [1.82, 2.24) is 15.6 Å². The Morgan fingerprint density at radius 1 is 1.21 bits per heavy atom. The lowest BCUT2D eigenvalue weighted by Gasteiger charge is -2.24. The molecule has 10 nitrogen and oxygen atoms in total. The first-order valence-electron chi connectivity index (χ1n) is 8.86. The van der Waals surface area contributed by atoms with Gasteiger partial charge in [-0.1, -0.05) is 13.8 Å². The van der Waals surface area contributed by atoms with Gasteiger partial charge in [0, 0.05) is 0 Å². The van der Waals surface area contributed by atoms with Crippen molar-refractivity contribution in [2.24, 2.45) is 5.92 Å². The van der Waals surface area contributed by atoms with Crippen LogP contribution in [0.5, 0.6) is 0 Å². The molecule has 1 rings (SSSR count). The number of nitrogens with zero attached hydrogens (tertiary/aromatic N) is 1. The molecule has 0 spiro atoms. The predicted octanol–water partition coefficient (Wildman–Crippen LogP) is 1.47. The Balaban J connectivity index is 2.94. The highest BCUT2D eigenvalue weighted by Crippen LogP contribution is 2.24. The Morgan fingerprint density at radius 2 is 1.82 bits per heavy atom. The molecule has 28 heavy (non-hydrogen) atoms. The number of carbonyl (C=O) groups excluding carboxylic acids is 3. The van der Waals surface area contributed by atoms with E-state index in [4.69, 9.17) is 9.15 Å². The van der Waals surface area contributed by atoms with Crippen molar-refractivity contribution in [1.29, 1.82) is 0 Å². The second kappa shape index (κ2) is 9.54. The fourth-order valence-electron chi connectivity index (χ4n) is 2.25. The number of methoxy groups -OCH3 is 1. The molecule has 2 amide bonds. The molecule has 0 fully saturated rings. The smallest absolute Gasteiger partial charge is 0.408 e. The topological polar surface area (TPSA) is 140 Å². The number of esters is 1. The zero-order valence-corrected chi connectivity index (χ0v) is 17.3. The number of rotatable bonds is 7. The van der Waals surface area contributed by atoms with Gasteiger partial charge in [-0.25, -0.2) is 14.6 Å². The van der Waals surface area contributed by atoms with Crippen LogP contribution in [0.3, 0.4) is 0 Å². The van der Waals surface area contributed by atoms with Crippen LogP contribution in [-0.4, -0.2) is 53.4 Å². The first-order valence-corrected chi connectivity index (χ1v) is 8.86. The Labute approximate surface area is 164 Å². The normalized spacial score (nSPS) is 13.6. The molecule has 0 saturated heterocycles. The number of alkyl carbamates (subject to hydrolysis) is 1. The standard InChI is InChI=1S/C18H29N3O7/c1-9(2)12(15-21-13(10(3)27-15)16(24)26-7)20-14(23)11(8-22)19-17(25)28-18(4,5)6/h9,11-12,22H,8H2,1-7H3,(H,19,25)(H,20,23)/t11-,12-/m0/s1. The lowest BCUT2D eigenvalue weighted by atomic mass is 10.0. The fourth-order valence-corrected chi connectivity index (χ4v) is 2.25. The highest BCUT2D eigenvalue weighted by molar-refractivity contribution is 5.88. The molecule has 0 radical (unpaired) electrons. The summed E-state index contributed by atoms with van der Waals surface area (Å²) in [5.74, 6) is -1.08. The summed E-state index contributed by atoms with van der Waals surface area (Å²) in [6, 6.07) is -1.92. The first-order chi connectivity index (χ1) is 12.9. The molecule has 0 aliphatic carbocycles. The van der Waals surface area contributed by atoms with Gasteiger partial charge in [0.2, 0.25) is 11.8 Å². The maximum Gasteiger partial charge on any atom is 0.408 e. The largest absolute Gasteiger partial charge is 0.464 e. The van der Waals surface area contributed by atoms with Crippen LogP contribution in [0.15, 0.2) is 4.42 Å². The minimum atomic E-state index is -1.23. The van der Waals surface area contributed by atoms with E-state index >= 15 is 0 Å². The summed E-state index contributed by atoms with van der Waals surface area (Å²) >= 11 is 0. The van der Waals surface area contributed by atoms with Crippen LogP contribution in [0.1, 0.15) is 62.8 Å². The molecular weight excluding hydrogens is 370 g/mol. The van der Waals surface area contributed by atoms with Crippen molar-refractivity contribution in [3.05, 3.63) is 17.3 Å². The minimum Gasteiger partial charge on any atom is -0.464 e. The number of aliphatic hydroxyl groups is 1. The minimum absolute atomic E-state index is 0.0167. The Morgan fingerprint density at radius 3 is 2.29 bits per heavy atom. The number of nitrogens with one attached hydrogen (secondary N) is 2. The Hall–Kier alpha value is -2.62. The highest BCUT2D eigenvalue weighted by atomic mass is 16.6. The number of ether oxygens (including phenoxy) is 2. The third-order valence-corrected chi connectivity index (χ3v) is 3.61. The summed E-state index contributed by atoms with van der Waals surface area (Å²) in [5, 5.41) is 14.5. The summed E-state index contributed by atoms with van der Waals surface area (Å²) in [6.07, 6.45) is -0.831. The van der Waals surface area contributed by atoms with Crippen LogP contribution in [-0.2, 0) is 14.3 Å². The maximum absolute atomic E-state index is 12.5. The zero-order chi connectivity index (χ0) is 21.6. The van der Waals surface area contributed by atoms with Crippen molar-refractivity contribution in [2.45, 2.75) is 59.2 Å². The van der Waals surface area contributed by atoms with Gasteiger partial charge in [0.1, 0.15) is 23.4 Å². The van der Waals surface area contributed by atoms with E-state index in [2.05, 4.69) is 20.4 Å². The van der Waals surface area contributed by atoms with E-state index in [-0.39, 0.29) is 23.3 Å². The van der Waals surface area contributed by atoms with Crippen LogP contribution in [0.2, 0.25) is 0 Å². The second-order valence-electron chi connectivity index (χ2n) is 7.56. The molecule has 0 unspecified atom stereocenters. The number of hydrogen-bond acceptors (Lipinski definition) is 8. The highest BCUT2D eigenvalue weighted by Gasteiger charge is 2.30. The van der Waals surface area contributed by atoms with Crippen LogP contribution in [0.4, 0.5) is 4.79 Å². The van der Waals surface area contributed by atoms with E-state index in [1.165, 1.54) is 7.11 Å². The van der Waals surface area contributed by atoms with Crippen LogP contribution in [0.25, 0.3) is 0 Å². The molecule has 0 aliphatic heterocycles. The van der Waals surface area contributed by atoms with Gasteiger partial charge < -0.3 is 29.6 Å². The number of aromatic nitrogens is 1. The van der Waals surface area contributed by atoms with Gasteiger partial charge in [-0.2, -0.15) is 0 Å². The summed E-state index contributed by atoms with van der Waals surface area (Å²) in [4.78, 5) is 40.3. The molecule has 1 heterocycles. The first kappa shape index (κ1) is 23.4. The van der Waals surface area contributed by atoms with E-state index in [1.807, 2.05) is 13.8 Å². The Bertz CT molecular complexity index is 707. The average molecular weight is 399 g/mol. The van der Waals surface area contributed by atoms with E-state index in [0.717, 1.165) is 0 Å². The van der Waals surface area contributed by atoms with Gasteiger partial charge in [0.05, 0.1) is 13.7 Å². The summed E-state index contributed by atoms with van der Waals surface area (Å²) in [6.45, 7) is 9.60. The van der Waals surface area contributed by atoms with Gasteiger partial charge in [-0.3, -0.25) is 4.79 Å². The molecular formula is C18H29N3O7. The van der Waals surface area contributed by atoms with Crippen LogP contribution < -0.4 is 10.6 Å². The average Bonchev–Trinajstić information content (AvgIpc) is 2.96. The SMILES string of the molecule is COC(=O)c1nc([C@@H](NC(=O)[C@H](CO)NC(=O)OC(C)(C)C)C(C)C)oc1C. The number of amides is 2. The summed E-state index contributed by atoms with van der Waals surface area (Å²) in [5.41, 5.74) is -0.732. The summed E-state index contributed by atoms with van der Waals surface area (Å²) < 4.78 is 15.3. The lowest BCUT2D eigenvalue weighted by molar-refractivity contribution is -0.125. The van der Waals surface area contributed by atoms with E-state index in [1.54, 1.807) is 27.7 Å². The van der Waals surface area contributed by atoms with Gasteiger partial charge in [0.25, 0.3) is 0 Å². The number of aliphatic hydroxyl groups excluding tert-OH is 1. The van der Waals surface area contributed by atoms with Gasteiger partial charge >= 0.3 is 12.1 Å². The molecule has 0 aliphatic rings. The third-order valence-electron chi connectivity index (χ3n) is 3.61. The Kier molecular flexibility index (Phi) is 7.98. The number of oxazole rings is 1. The third kappa shape index (κ3) is 6.52. The molecule has 0 aromatic carbocycles. The fraction of sp³-hybridized carbons (Fsp3) is 0.667. The number of aryl methyl sites for hydroxylation is 1. The van der Waals surface area contributed by atoms with Crippen LogP contribution in [0, 0.1) is 12.8 Å². The van der Waals surface area contributed by atoms with Gasteiger partial charge in [-0.15, -0.1) is 0 Å². The van der Waals surface area contributed by atoms with E-state index in [0.29, 0.717) is 0 Å². The molecule has 3 N–H and O–H groups in total. The predicted molar refractivity (Wildman–Crippen MR) is 98.5 cm³/mol.